The van der Waals surface area contributed by atoms with Gasteiger partial charge in [-0.25, -0.2) is 4.79 Å². The second kappa shape index (κ2) is 7.91. The van der Waals surface area contributed by atoms with Crippen LogP contribution in [0.15, 0.2) is 0 Å². The number of nitrogens with zero attached hydrogens (tertiary/aromatic N) is 1. The van der Waals surface area contributed by atoms with E-state index in [1.807, 2.05) is 13.8 Å². The van der Waals surface area contributed by atoms with Gasteiger partial charge in [0.05, 0.1) is 19.1 Å². The van der Waals surface area contributed by atoms with Crippen molar-refractivity contribution in [3.05, 3.63) is 0 Å². The molecule has 1 aliphatic heterocycles. The summed E-state index contributed by atoms with van der Waals surface area (Å²) in [4.78, 5) is 14.3. The predicted molar refractivity (Wildman–Crippen MR) is 84.8 cm³/mol. The lowest BCUT2D eigenvalue weighted by Crippen LogP contribution is -2.57. The molecule has 2 atom stereocenters. The van der Waals surface area contributed by atoms with Crippen LogP contribution in [0.5, 0.6) is 0 Å². The highest BCUT2D eigenvalue weighted by molar-refractivity contribution is 5.74. The molecule has 140 valence electrons. The van der Waals surface area contributed by atoms with E-state index in [9.17, 15) is 18.0 Å². The molecule has 0 spiro atoms. The number of amides is 2. The van der Waals surface area contributed by atoms with Crippen LogP contribution in [0.3, 0.4) is 0 Å². The molecule has 2 unspecified atom stereocenters. The van der Waals surface area contributed by atoms with E-state index >= 15 is 0 Å². The maximum absolute atomic E-state index is 12.8. The highest BCUT2D eigenvalue weighted by Crippen LogP contribution is 2.37. The Morgan fingerprint density at radius 2 is 1.88 bits per heavy atom. The Bertz CT molecular complexity index is 423. The summed E-state index contributed by atoms with van der Waals surface area (Å²) in [6.45, 7) is 7.50. The van der Waals surface area contributed by atoms with Gasteiger partial charge in [-0.05, 0) is 33.1 Å². The van der Waals surface area contributed by atoms with Crippen molar-refractivity contribution in [3.63, 3.8) is 0 Å². The van der Waals surface area contributed by atoms with Crippen LogP contribution in [0.1, 0.15) is 39.5 Å². The Labute approximate surface area is 141 Å². The summed E-state index contributed by atoms with van der Waals surface area (Å²) in [5, 5.41) is 5.51. The molecule has 2 rings (SSSR count). The Kier molecular flexibility index (Phi) is 6.36. The molecule has 2 fully saturated rings. The Hall–Kier alpha value is -1.02. The second-order valence-electron chi connectivity index (χ2n) is 7.34. The number of rotatable bonds is 4. The number of nitrogens with one attached hydrogen (secondary N) is 2. The summed E-state index contributed by atoms with van der Waals surface area (Å²) < 4.78 is 43.8. The smallest absolute Gasteiger partial charge is 0.379 e. The molecule has 8 heteroatoms. The van der Waals surface area contributed by atoms with E-state index in [0.717, 1.165) is 13.1 Å². The van der Waals surface area contributed by atoms with Crippen molar-refractivity contribution in [2.24, 2.45) is 5.92 Å². The average molecular weight is 351 g/mol. The topological polar surface area (TPSA) is 53.6 Å². The third kappa shape index (κ3) is 5.51. The van der Waals surface area contributed by atoms with E-state index in [1.165, 1.54) is 0 Å². The number of halogens is 3. The molecule has 1 heterocycles. The summed E-state index contributed by atoms with van der Waals surface area (Å²) in [5.74, 6) is -1.30. The van der Waals surface area contributed by atoms with E-state index in [0.29, 0.717) is 32.6 Å². The molecule has 2 amide bonds. The summed E-state index contributed by atoms with van der Waals surface area (Å²) in [7, 11) is 0. The molecule has 24 heavy (non-hydrogen) atoms. The first kappa shape index (κ1) is 19.3. The first-order chi connectivity index (χ1) is 11.2. The number of ether oxygens (including phenoxy) is 1. The fourth-order valence-electron chi connectivity index (χ4n) is 3.43. The first-order valence-electron chi connectivity index (χ1n) is 8.62. The van der Waals surface area contributed by atoms with E-state index in [2.05, 4.69) is 15.5 Å². The minimum Gasteiger partial charge on any atom is -0.379 e. The van der Waals surface area contributed by atoms with Crippen molar-refractivity contribution in [2.75, 3.05) is 32.8 Å². The third-order valence-corrected chi connectivity index (χ3v) is 5.02. The van der Waals surface area contributed by atoms with Crippen LogP contribution in [0.2, 0.25) is 0 Å². The van der Waals surface area contributed by atoms with Crippen LogP contribution in [0.4, 0.5) is 18.0 Å². The zero-order valence-electron chi connectivity index (χ0n) is 14.4. The summed E-state index contributed by atoms with van der Waals surface area (Å²) >= 11 is 0. The molecule has 1 aliphatic carbocycles. The zero-order chi connectivity index (χ0) is 17.8. The molecule has 2 aliphatic rings. The van der Waals surface area contributed by atoms with Crippen LogP contribution < -0.4 is 10.6 Å². The van der Waals surface area contributed by atoms with Gasteiger partial charge in [0.2, 0.25) is 0 Å². The van der Waals surface area contributed by atoms with Crippen molar-refractivity contribution >= 4 is 6.03 Å². The standard InChI is InChI=1S/C16H28F3N3O2/c1-15(2,22-6-8-24-9-7-22)11-20-14(23)21-13-5-3-4-12(10-13)16(17,18)19/h12-13H,3-11H2,1-2H3,(H2,20,21,23). The highest BCUT2D eigenvalue weighted by Gasteiger charge is 2.42. The Balaban J connectivity index is 1.76. The number of morpholine rings is 1. The van der Waals surface area contributed by atoms with E-state index in [1.54, 1.807) is 0 Å². The number of hydrogen-bond acceptors (Lipinski definition) is 3. The Morgan fingerprint density at radius 3 is 2.50 bits per heavy atom. The lowest BCUT2D eigenvalue weighted by atomic mass is 9.85. The maximum Gasteiger partial charge on any atom is 0.391 e. The first-order valence-corrected chi connectivity index (χ1v) is 8.62. The van der Waals surface area contributed by atoms with Crippen molar-refractivity contribution in [1.29, 1.82) is 0 Å². The molecule has 1 saturated carbocycles. The van der Waals surface area contributed by atoms with Crippen molar-refractivity contribution in [3.8, 4) is 0 Å². The molecule has 0 aromatic rings. The maximum atomic E-state index is 12.8. The van der Waals surface area contributed by atoms with Gasteiger partial charge in [-0.3, -0.25) is 4.90 Å². The number of alkyl halides is 3. The fourth-order valence-corrected chi connectivity index (χ4v) is 3.43. The Morgan fingerprint density at radius 1 is 1.21 bits per heavy atom. The molecule has 2 N–H and O–H groups in total. The predicted octanol–water partition coefficient (Wildman–Crippen LogP) is 2.52. The van der Waals surface area contributed by atoms with Gasteiger partial charge in [-0.1, -0.05) is 6.42 Å². The molecule has 0 radical (unpaired) electrons. The molecule has 0 aromatic heterocycles. The van der Waals surface area contributed by atoms with Gasteiger partial charge >= 0.3 is 12.2 Å². The molecule has 0 aromatic carbocycles. The second-order valence-corrected chi connectivity index (χ2v) is 7.34. The van der Waals surface area contributed by atoms with Crippen LogP contribution >= 0.6 is 0 Å². The van der Waals surface area contributed by atoms with Crippen LogP contribution in [0, 0.1) is 5.92 Å². The fraction of sp³-hybridized carbons (Fsp3) is 0.938. The van der Waals surface area contributed by atoms with Crippen LogP contribution in [-0.2, 0) is 4.74 Å². The van der Waals surface area contributed by atoms with Gasteiger partial charge in [0, 0.05) is 31.2 Å². The SMILES string of the molecule is CC(C)(CNC(=O)NC1CCCC(C(F)(F)F)C1)N1CCOCC1. The highest BCUT2D eigenvalue weighted by atomic mass is 19.4. The summed E-state index contributed by atoms with van der Waals surface area (Å²) in [6.07, 6.45) is -2.94. The van der Waals surface area contributed by atoms with Gasteiger partial charge in [-0.2, -0.15) is 13.2 Å². The van der Waals surface area contributed by atoms with Gasteiger partial charge in [0.1, 0.15) is 0 Å². The monoisotopic (exact) mass is 351 g/mol. The van der Waals surface area contributed by atoms with E-state index < -0.39 is 18.1 Å². The van der Waals surface area contributed by atoms with Crippen LogP contribution in [-0.4, -0.2) is 61.5 Å². The molecule has 1 saturated heterocycles. The van der Waals surface area contributed by atoms with E-state index in [4.69, 9.17) is 4.74 Å². The van der Waals surface area contributed by atoms with Crippen molar-refractivity contribution in [1.82, 2.24) is 15.5 Å². The number of carbonyl (C=O) groups excluding carboxylic acids is 1. The molecular weight excluding hydrogens is 323 g/mol. The zero-order valence-corrected chi connectivity index (χ0v) is 14.4. The summed E-state index contributed by atoms with van der Waals surface area (Å²) in [5.41, 5.74) is -0.220. The van der Waals surface area contributed by atoms with Crippen molar-refractivity contribution < 1.29 is 22.7 Å². The summed E-state index contributed by atoms with van der Waals surface area (Å²) in [6, 6.07) is -0.791. The third-order valence-electron chi connectivity index (χ3n) is 5.02. The van der Waals surface area contributed by atoms with Gasteiger partial charge in [0.15, 0.2) is 0 Å². The minimum absolute atomic E-state index is 0.0240. The molecule has 5 nitrogen and oxygen atoms in total. The largest absolute Gasteiger partial charge is 0.391 e. The lowest BCUT2D eigenvalue weighted by Gasteiger charge is -2.41. The minimum atomic E-state index is -4.17. The van der Waals surface area contributed by atoms with Crippen molar-refractivity contribution in [2.45, 2.75) is 57.3 Å². The van der Waals surface area contributed by atoms with E-state index in [-0.39, 0.29) is 24.4 Å². The van der Waals surface area contributed by atoms with Crippen LogP contribution in [0.25, 0.3) is 0 Å². The average Bonchev–Trinajstić information content (AvgIpc) is 2.53. The number of carbonyl (C=O) groups is 1. The lowest BCUT2D eigenvalue weighted by molar-refractivity contribution is -0.183. The van der Waals surface area contributed by atoms with Gasteiger partial charge < -0.3 is 15.4 Å². The van der Waals surface area contributed by atoms with Gasteiger partial charge in [-0.15, -0.1) is 0 Å². The number of hydrogen-bond donors (Lipinski definition) is 2. The normalized spacial score (nSPS) is 26.9. The molecular formula is C16H28F3N3O2. The van der Waals surface area contributed by atoms with Gasteiger partial charge in [0.25, 0.3) is 0 Å². The number of urea groups is 1. The quantitative estimate of drug-likeness (QED) is 0.818. The molecule has 0 bridgehead atoms.